The standard InChI is InChI=1S/C24H23N5O4/c1-15-12-21(26-14-25-15)27-17-5-7-18(8-6-17)28-22(30)16-4-9-19-20(13-16)24(32)29(23(19)31)10-3-11-33-2/h4-9,12-14H,3,10-11H2,1-2H3,(H,28,30)(H,25,26,27). The zero-order chi connectivity index (χ0) is 23.4. The molecule has 0 atom stereocenters. The molecule has 0 saturated carbocycles. The van der Waals surface area contributed by atoms with Gasteiger partial charge in [0.15, 0.2) is 0 Å². The van der Waals surface area contributed by atoms with Crippen LogP contribution in [-0.2, 0) is 4.74 Å². The molecule has 3 amide bonds. The molecule has 9 heteroatoms. The molecule has 0 fully saturated rings. The summed E-state index contributed by atoms with van der Waals surface area (Å²) in [5.74, 6) is -0.438. The van der Waals surface area contributed by atoms with Gasteiger partial charge >= 0.3 is 0 Å². The number of nitrogens with zero attached hydrogens (tertiary/aromatic N) is 3. The lowest BCUT2D eigenvalue weighted by Gasteiger charge is -2.12. The molecule has 168 valence electrons. The van der Waals surface area contributed by atoms with Crippen molar-refractivity contribution in [2.24, 2.45) is 0 Å². The number of aromatic nitrogens is 2. The number of ether oxygens (including phenoxy) is 1. The third kappa shape index (κ3) is 4.88. The number of fused-ring (bicyclic) bond motifs is 1. The highest BCUT2D eigenvalue weighted by Crippen LogP contribution is 2.25. The molecule has 0 saturated heterocycles. The van der Waals surface area contributed by atoms with Crippen molar-refractivity contribution in [2.45, 2.75) is 13.3 Å². The smallest absolute Gasteiger partial charge is 0.261 e. The second-order valence-electron chi connectivity index (χ2n) is 7.57. The third-order valence-corrected chi connectivity index (χ3v) is 5.18. The van der Waals surface area contributed by atoms with E-state index >= 15 is 0 Å². The van der Waals surface area contributed by atoms with Crippen LogP contribution in [0.3, 0.4) is 0 Å². The number of imide groups is 1. The van der Waals surface area contributed by atoms with E-state index in [9.17, 15) is 14.4 Å². The molecule has 4 rings (SSSR count). The maximum atomic E-state index is 12.7. The van der Waals surface area contributed by atoms with Crippen molar-refractivity contribution in [3.05, 3.63) is 77.2 Å². The summed E-state index contributed by atoms with van der Waals surface area (Å²) >= 11 is 0. The van der Waals surface area contributed by atoms with Crippen molar-refractivity contribution in [1.82, 2.24) is 14.9 Å². The van der Waals surface area contributed by atoms with Crippen LogP contribution in [0, 0.1) is 6.92 Å². The van der Waals surface area contributed by atoms with Crippen LogP contribution < -0.4 is 10.6 Å². The number of carbonyl (C=O) groups is 3. The maximum absolute atomic E-state index is 12.7. The molecule has 9 nitrogen and oxygen atoms in total. The maximum Gasteiger partial charge on any atom is 0.261 e. The molecule has 0 aliphatic carbocycles. The monoisotopic (exact) mass is 445 g/mol. The van der Waals surface area contributed by atoms with E-state index in [1.807, 2.05) is 25.1 Å². The molecule has 3 aromatic rings. The van der Waals surface area contributed by atoms with Crippen molar-refractivity contribution in [1.29, 1.82) is 0 Å². The number of rotatable bonds is 8. The summed E-state index contributed by atoms with van der Waals surface area (Å²) in [6, 6.07) is 13.5. The average Bonchev–Trinajstić information content (AvgIpc) is 3.05. The van der Waals surface area contributed by atoms with E-state index in [0.717, 1.165) is 11.4 Å². The lowest BCUT2D eigenvalue weighted by atomic mass is 10.1. The van der Waals surface area contributed by atoms with Gasteiger partial charge in [-0.3, -0.25) is 19.3 Å². The van der Waals surface area contributed by atoms with Gasteiger partial charge in [-0.1, -0.05) is 0 Å². The minimum absolute atomic E-state index is 0.241. The highest BCUT2D eigenvalue weighted by Gasteiger charge is 2.35. The highest BCUT2D eigenvalue weighted by atomic mass is 16.5. The molecule has 2 N–H and O–H groups in total. The first-order valence-corrected chi connectivity index (χ1v) is 10.4. The van der Waals surface area contributed by atoms with E-state index in [4.69, 9.17) is 4.74 Å². The Morgan fingerprint density at radius 3 is 2.42 bits per heavy atom. The Hall–Kier alpha value is -4.11. The molecule has 2 heterocycles. The van der Waals surface area contributed by atoms with Gasteiger partial charge < -0.3 is 15.4 Å². The van der Waals surface area contributed by atoms with Crippen molar-refractivity contribution in [3.63, 3.8) is 0 Å². The Labute approximate surface area is 190 Å². The third-order valence-electron chi connectivity index (χ3n) is 5.18. The minimum atomic E-state index is -0.392. The summed E-state index contributed by atoms with van der Waals surface area (Å²) in [6.45, 7) is 2.61. The van der Waals surface area contributed by atoms with Crippen LogP contribution in [0.4, 0.5) is 17.2 Å². The fraction of sp³-hybridized carbons (Fsp3) is 0.208. The fourth-order valence-electron chi connectivity index (χ4n) is 3.51. The summed E-state index contributed by atoms with van der Waals surface area (Å²) in [4.78, 5) is 47.3. The first-order chi connectivity index (χ1) is 16.0. The molecule has 1 aromatic heterocycles. The second-order valence-corrected chi connectivity index (χ2v) is 7.57. The van der Waals surface area contributed by atoms with Gasteiger partial charge in [-0.15, -0.1) is 0 Å². The fourth-order valence-corrected chi connectivity index (χ4v) is 3.51. The number of hydrogen-bond acceptors (Lipinski definition) is 7. The van der Waals surface area contributed by atoms with Crippen molar-refractivity contribution in [2.75, 3.05) is 30.9 Å². The topological polar surface area (TPSA) is 114 Å². The van der Waals surface area contributed by atoms with Crippen LogP contribution in [-0.4, -0.2) is 52.9 Å². The lowest BCUT2D eigenvalue weighted by Crippen LogP contribution is -2.31. The Balaban J connectivity index is 1.42. The highest BCUT2D eigenvalue weighted by molar-refractivity contribution is 6.22. The van der Waals surface area contributed by atoms with Gasteiger partial charge in [-0.25, -0.2) is 9.97 Å². The average molecular weight is 445 g/mol. The van der Waals surface area contributed by atoms with Gasteiger partial charge in [0.25, 0.3) is 17.7 Å². The van der Waals surface area contributed by atoms with Crippen molar-refractivity contribution in [3.8, 4) is 0 Å². The number of methoxy groups -OCH3 is 1. The van der Waals surface area contributed by atoms with Crippen LogP contribution >= 0.6 is 0 Å². The van der Waals surface area contributed by atoms with Gasteiger partial charge in [0.05, 0.1) is 11.1 Å². The second kappa shape index (κ2) is 9.58. The molecule has 2 aromatic carbocycles. The minimum Gasteiger partial charge on any atom is -0.385 e. The number of amides is 3. The van der Waals surface area contributed by atoms with Crippen LogP contribution in [0.1, 0.15) is 43.2 Å². The van der Waals surface area contributed by atoms with Crippen LogP contribution in [0.2, 0.25) is 0 Å². The molecule has 0 spiro atoms. The number of benzene rings is 2. The van der Waals surface area contributed by atoms with E-state index in [1.54, 1.807) is 25.3 Å². The SMILES string of the molecule is COCCCN1C(=O)c2ccc(C(=O)Nc3ccc(Nc4cc(C)ncn4)cc3)cc2C1=O. The Morgan fingerprint density at radius 1 is 0.970 bits per heavy atom. The lowest BCUT2D eigenvalue weighted by molar-refractivity contribution is 0.0638. The number of nitrogens with one attached hydrogen (secondary N) is 2. The Bertz CT molecular complexity index is 1210. The molecule has 1 aliphatic heterocycles. The molecular weight excluding hydrogens is 422 g/mol. The van der Waals surface area contributed by atoms with Crippen LogP contribution in [0.5, 0.6) is 0 Å². The molecular formula is C24H23N5O4. The predicted octanol–water partition coefficient (Wildman–Crippen LogP) is 3.41. The van der Waals surface area contributed by atoms with Crippen molar-refractivity contribution < 1.29 is 19.1 Å². The molecule has 0 bridgehead atoms. The van der Waals surface area contributed by atoms with Gasteiger partial charge in [-0.2, -0.15) is 0 Å². The van der Waals surface area contributed by atoms with Crippen LogP contribution in [0.15, 0.2) is 54.9 Å². The largest absolute Gasteiger partial charge is 0.385 e. The zero-order valence-electron chi connectivity index (χ0n) is 18.3. The normalized spacial score (nSPS) is 12.6. The zero-order valence-corrected chi connectivity index (χ0v) is 18.3. The number of anilines is 3. The van der Waals surface area contributed by atoms with E-state index in [0.29, 0.717) is 35.7 Å². The van der Waals surface area contributed by atoms with E-state index in [1.165, 1.54) is 23.4 Å². The number of carbonyl (C=O) groups excluding carboxylic acids is 3. The Kier molecular flexibility index (Phi) is 6.41. The number of hydrogen-bond donors (Lipinski definition) is 2. The molecule has 33 heavy (non-hydrogen) atoms. The first-order valence-electron chi connectivity index (χ1n) is 10.4. The number of aryl methyl sites for hydroxylation is 1. The Morgan fingerprint density at radius 2 is 1.70 bits per heavy atom. The summed E-state index contributed by atoms with van der Waals surface area (Å²) in [5.41, 5.74) is 3.10. The van der Waals surface area contributed by atoms with Gasteiger partial charge in [0.1, 0.15) is 12.1 Å². The summed E-state index contributed by atoms with van der Waals surface area (Å²) in [7, 11) is 1.57. The molecule has 0 radical (unpaired) electrons. The summed E-state index contributed by atoms with van der Waals surface area (Å²) in [6.07, 6.45) is 2.04. The van der Waals surface area contributed by atoms with Gasteiger partial charge in [-0.05, 0) is 55.8 Å². The first kappa shape index (κ1) is 22.1. The molecule has 0 unspecified atom stereocenters. The van der Waals surface area contributed by atoms with E-state index in [2.05, 4.69) is 20.6 Å². The summed E-state index contributed by atoms with van der Waals surface area (Å²) in [5, 5.41) is 5.98. The quantitative estimate of drug-likeness (QED) is 0.403. The van der Waals surface area contributed by atoms with Crippen LogP contribution in [0.25, 0.3) is 0 Å². The van der Waals surface area contributed by atoms with Gasteiger partial charge in [0, 0.05) is 49.0 Å². The predicted molar refractivity (Wildman–Crippen MR) is 123 cm³/mol. The summed E-state index contributed by atoms with van der Waals surface area (Å²) < 4.78 is 4.99. The van der Waals surface area contributed by atoms with Crippen molar-refractivity contribution >= 4 is 34.9 Å². The van der Waals surface area contributed by atoms with Gasteiger partial charge in [0.2, 0.25) is 0 Å². The van der Waals surface area contributed by atoms with E-state index in [-0.39, 0.29) is 23.9 Å². The molecule has 1 aliphatic rings. The van der Waals surface area contributed by atoms with E-state index < -0.39 is 5.91 Å².